The second-order valence-electron chi connectivity index (χ2n) is 6.36. The maximum atomic E-state index is 12.3. The summed E-state index contributed by atoms with van der Waals surface area (Å²) in [7, 11) is 0. The summed E-state index contributed by atoms with van der Waals surface area (Å²) in [6, 6.07) is 8.25. The van der Waals surface area contributed by atoms with Crippen molar-refractivity contribution in [1.82, 2.24) is 5.32 Å². The fraction of sp³-hybridized carbons (Fsp3) is 0.529. The van der Waals surface area contributed by atoms with Gasteiger partial charge in [-0.1, -0.05) is 24.3 Å². The van der Waals surface area contributed by atoms with Gasteiger partial charge in [0.1, 0.15) is 0 Å². The van der Waals surface area contributed by atoms with Gasteiger partial charge in [-0.2, -0.15) is 0 Å². The zero-order chi connectivity index (χ0) is 15.0. The van der Waals surface area contributed by atoms with E-state index in [9.17, 15) is 9.59 Å². The molecule has 2 fully saturated rings. The highest BCUT2D eigenvalue weighted by Gasteiger charge is 2.45. The molecule has 3 rings (SSSR count). The molecule has 1 aromatic carbocycles. The zero-order valence-corrected chi connectivity index (χ0v) is 12.2. The van der Waals surface area contributed by atoms with E-state index < -0.39 is 5.97 Å². The van der Waals surface area contributed by atoms with E-state index in [1.54, 1.807) is 0 Å². The van der Waals surface area contributed by atoms with Crippen LogP contribution in [-0.2, 0) is 9.59 Å². The topological polar surface area (TPSA) is 66.4 Å². The van der Waals surface area contributed by atoms with Crippen molar-refractivity contribution in [2.24, 2.45) is 11.8 Å². The van der Waals surface area contributed by atoms with Gasteiger partial charge in [0.05, 0.1) is 5.92 Å². The fourth-order valence-corrected chi connectivity index (χ4v) is 3.48. The van der Waals surface area contributed by atoms with Crippen LogP contribution in [0, 0.1) is 18.8 Å². The molecule has 2 aliphatic rings. The molecule has 2 N–H and O–H groups in total. The van der Waals surface area contributed by atoms with Crippen LogP contribution < -0.4 is 5.32 Å². The highest BCUT2D eigenvalue weighted by Crippen LogP contribution is 2.48. The van der Waals surface area contributed by atoms with Crippen LogP contribution >= 0.6 is 0 Å². The molecule has 0 aromatic heterocycles. The zero-order valence-electron chi connectivity index (χ0n) is 12.2. The van der Waals surface area contributed by atoms with E-state index in [0.29, 0.717) is 18.8 Å². The van der Waals surface area contributed by atoms with Gasteiger partial charge in [0.25, 0.3) is 0 Å². The van der Waals surface area contributed by atoms with Crippen LogP contribution in [-0.4, -0.2) is 23.0 Å². The molecule has 0 spiro atoms. The summed E-state index contributed by atoms with van der Waals surface area (Å²) in [5.74, 6) is -0.533. The Morgan fingerprint density at radius 2 is 1.95 bits per heavy atom. The van der Waals surface area contributed by atoms with Crippen LogP contribution in [0.5, 0.6) is 0 Å². The fourth-order valence-electron chi connectivity index (χ4n) is 3.48. The molecular weight excluding hydrogens is 266 g/mol. The van der Waals surface area contributed by atoms with Gasteiger partial charge in [0.2, 0.25) is 5.91 Å². The molecule has 0 aliphatic heterocycles. The number of amides is 1. The third kappa shape index (κ3) is 2.94. The van der Waals surface area contributed by atoms with Crippen molar-refractivity contribution < 1.29 is 14.7 Å². The van der Waals surface area contributed by atoms with Gasteiger partial charge < -0.3 is 10.4 Å². The van der Waals surface area contributed by atoms with E-state index in [2.05, 4.69) is 24.4 Å². The summed E-state index contributed by atoms with van der Waals surface area (Å²) in [6.07, 6.45) is 2.94. The lowest BCUT2D eigenvalue weighted by atomic mass is 10.0. The van der Waals surface area contributed by atoms with Crippen molar-refractivity contribution in [2.75, 3.05) is 0 Å². The molecule has 1 aromatic rings. The number of hydrogen-bond acceptors (Lipinski definition) is 2. The Balaban J connectivity index is 1.54. The van der Waals surface area contributed by atoms with Crippen molar-refractivity contribution in [3.63, 3.8) is 0 Å². The minimum absolute atomic E-state index is 0.0386. The third-order valence-electron chi connectivity index (χ3n) is 4.84. The predicted octanol–water partition coefficient (Wildman–Crippen LogP) is 2.47. The average Bonchev–Trinajstić information content (AvgIpc) is 3.11. The minimum atomic E-state index is -0.740. The number of aliphatic carboxylic acids is 1. The van der Waals surface area contributed by atoms with Crippen LogP contribution in [0.3, 0.4) is 0 Å². The number of benzene rings is 1. The Morgan fingerprint density at radius 1 is 1.19 bits per heavy atom. The van der Waals surface area contributed by atoms with E-state index in [4.69, 9.17) is 5.11 Å². The van der Waals surface area contributed by atoms with Crippen molar-refractivity contribution >= 4 is 11.9 Å². The molecule has 0 bridgehead atoms. The molecule has 0 radical (unpaired) electrons. The number of hydrogen-bond donors (Lipinski definition) is 2. The van der Waals surface area contributed by atoms with Crippen molar-refractivity contribution in [3.8, 4) is 0 Å². The molecule has 112 valence electrons. The summed E-state index contributed by atoms with van der Waals surface area (Å²) >= 11 is 0. The monoisotopic (exact) mass is 287 g/mol. The number of carbonyl (C=O) groups is 2. The minimum Gasteiger partial charge on any atom is -0.481 e. The van der Waals surface area contributed by atoms with E-state index in [-0.39, 0.29) is 23.8 Å². The van der Waals surface area contributed by atoms with Crippen LogP contribution in [0.4, 0.5) is 0 Å². The average molecular weight is 287 g/mol. The number of carboxylic acid groups (broad SMARTS) is 1. The second kappa shape index (κ2) is 5.51. The molecule has 4 heteroatoms. The first-order valence-electron chi connectivity index (χ1n) is 7.65. The molecular formula is C17H21NO3. The van der Waals surface area contributed by atoms with Crippen LogP contribution in [0.25, 0.3) is 0 Å². The van der Waals surface area contributed by atoms with Crippen LogP contribution in [0.1, 0.15) is 42.7 Å². The van der Waals surface area contributed by atoms with Gasteiger partial charge in [0, 0.05) is 12.0 Å². The SMILES string of the molecule is Cc1ccccc1[C@@H]1C[C@@H]1C(=O)N[C@@H]1CC[C@H](C(=O)O)C1. The maximum Gasteiger partial charge on any atom is 0.306 e. The van der Waals surface area contributed by atoms with E-state index in [1.807, 2.05) is 12.1 Å². The van der Waals surface area contributed by atoms with Crippen LogP contribution in [0.15, 0.2) is 24.3 Å². The summed E-state index contributed by atoms with van der Waals surface area (Å²) < 4.78 is 0. The van der Waals surface area contributed by atoms with Gasteiger partial charge in [-0.05, 0) is 49.7 Å². The van der Waals surface area contributed by atoms with E-state index in [1.165, 1.54) is 11.1 Å². The molecule has 2 aliphatic carbocycles. The van der Waals surface area contributed by atoms with Crippen LogP contribution in [0.2, 0.25) is 0 Å². The van der Waals surface area contributed by atoms with E-state index >= 15 is 0 Å². The van der Waals surface area contributed by atoms with E-state index in [0.717, 1.165) is 12.8 Å². The van der Waals surface area contributed by atoms with Crippen molar-refractivity contribution in [3.05, 3.63) is 35.4 Å². The number of aryl methyl sites for hydroxylation is 1. The largest absolute Gasteiger partial charge is 0.481 e. The molecule has 0 unspecified atom stereocenters. The first-order chi connectivity index (χ1) is 10.1. The smallest absolute Gasteiger partial charge is 0.306 e. The molecule has 4 atom stereocenters. The number of nitrogens with one attached hydrogen (secondary N) is 1. The van der Waals surface area contributed by atoms with Gasteiger partial charge in [-0.3, -0.25) is 9.59 Å². The maximum absolute atomic E-state index is 12.3. The Kier molecular flexibility index (Phi) is 3.70. The molecule has 21 heavy (non-hydrogen) atoms. The lowest BCUT2D eigenvalue weighted by Gasteiger charge is -2.12. The van der Waals surface area contributed by atoms with Crippen molar-refractivity contribution in [2.45, 2.75) is 44.6 Å². The third-order valence-corrected chi connectivity index (χ3v) is 4.84. The summed E-state index contributed by atoms with van der Waals surface area (Å²) in [5.41, 5.74) is 2.51. The first-order valence-corrected chi connectivity index (χ1v) is 7.65. The summed E-state index contributed by atoms with van der Waals surface area (Å²) in [4.78, 5) is 23.2. The Bertz CT molecular complexity index is 569. The molecule has 4 nitrogen and oxygen atoms in total. The number of rotatable bonds is 4. The molecule has 0 saturated heterocycles. The highest BCUT2D eigenvalue weighted by molar-refractivity contribution is 5.83. The lowest BCUT2D eigenvalue weighted by molar-refractivity contribution is -0.141. The van der Waals surface area contributed by atoms with Gasteiger partial charge >= 0.3 is 5.97 Å². The number of carbonyl (C=O) groups excluding carboxylic acids is 1. The standard InChI is InChI=1S/C17H21NO3/c1-10-4-2-3-5-13(10)14-9-15(14)16(19)18-12-7-6-11(8-12)17(20)21/h2-5,11-12,14-15H,6-9H2,1H3,(H,18,19)(H,20,21)/t11-,12+,14-,15-/m0/s1. The predicted molar refractivity (Wildman–Crippen MR) is 78.9 cm³/mol. The second-order valence-corrected chi connectivity index (χ2v) is 6.36. The molecule has 1 amide bonds. The Morgan fingerprint density at radius 3 is 2.62 bits per heavy atom. The Labute approximate surface area is 124 Å². The highest BCUT2D eigenvalue weighted by atomic mass is 16.4. The Hall–Kier alpha value is -1.84. The number of carboxylic acids is 1. The van der Waals surface area contributed by atoms with Gasteiger partial charge in [-0.25, -0.2) is 0 Å². The first kappa shape index (κ1) is 14.1. The molecule has 2 saturated carbocycles. The summed E-state index contributed by atoms with van der Waals surface area (Å²) in [5, 5.41) is 12.0. The molecule has 0 heterocycles. The van der Waals surface area contributed by atoms with Crippen molar-refractivity contribution in [1.29, 1.82) is 0 Å². The normalized spacial score (nSPS) is 30.9. The van der Waals surface area contributed by atoms with Gasteiger partial charge in [-0.15, -0.1) is 0 Å². The lowest BCUT2D eigenvalue weighted by Crippen LogP contribution is -2.34. The summed E-state index contributed by atoms with van der Waals surface area (Å²) in [6.45, 7) is 2.08. The van der Waals surface area contributed by atoms with Gasteiger partial charge in [0.15, 0.2) is 0 Å². The quantitative estimate of drug-likeness (QED) is 0.894.